The number of hydrogen-bond donors (Lipinski definition) is 1. The van der Waals surface area contributed by atoms with Crippen molar-refractivity contribution in [3.63, 3.8) is 0 Å². The number of ether oxygens (including phenoxy) is 4. The third kappa shape index (κ3) is 3.85. The van der Waals surface area contributed by atoms with Crippen molar-refractivity contribution < 1.29 is 32.1 Å². The van der Waals surface area contributed by atoms with Gasteiger partial charge in [-0.15, -0.1) is 0 Å². The summed E-state index contributed by atoms with van der Waals surface area (Å²) in [5.74, 6) is -6.11. The minimum Gasteiger partial charge on any atom is -0.381 e. The van der Waals surface area contributed by atoms with Crippen LogP contribution < -0.4 is 5.73 Å². The number of halogens is 3. The summed E-state index contributed by atoms with van der Waals surface area (Å²) in [6.07, 6.45) is -3.10. The molecule has 3 aliphatic rings. The Morgan fingerprint density at radius 2 is 1.81 bits per heavy atom. The number of nitrogens with zero attached hydrogens (tertiary/aromatic N) is 1. The van der Waals surface area contributed by atoms with E-state index in [1.807, 2.05) is 30.3 Å². The Balaban J connectivity index is 1.34. The second-order valence-electron chi connectivity index (χ2n) is 10.3. The first-order valence-corrected chi connectivity index (χ1v) is 12.0. The maximum absolute atomic E-state index is 15.7. The number of rotatable bonds is 5. The number of nitrogen functional groups attached to an aromatic ring is 1. The summed E-state index contributed by atoms with van der Waals surface area (Å²) >= 11 is 0. The third-order valence-corrected chi connectivity index (χ3v) is 7.39. The SMILES string of the molecule is CC1(C)O[C@H]2O[C@@H]3C(Cc4ccc5cc(F)c(N)nc5c4)C(F)(F)C[C@]3(OCc3ccccc3)[C@H]2O1. The maximum atomic E-state index is 15.7. The molecular formula is C27H27F3N2O4. The summed E-state index contributed by atoms with van der Waals surface area (Å²) < 4.78 is 69.7. The zero-order valence-electron chi connectivity index (χ0n) is 19.9. The molecule has 0 radical (unpaired) electrons. The van der Waals surface area contributed by atoms with E-state index in [0.717, 1.165) is 5.56 Å². The predicted octanol–water partition coefficient (Wildman–Crippen LogP) is 4.99. The lowest BCUT2D eigenvalue weighted by molar-refractivity contribution is -0.237. The summed E-state index contributed by atoms with van der Waals surface area (Å²) in [6, 6.07) is 15.7. The lowest BCUT2D eigenvalue weighted by Crippen LogP contribution is -2.49. The van der Waals surface area contributed by atoms with Crippen molar-refractivity contribution in [1.82, 2.24) is 4.98 Å². The van der Waals surface area contributed by atoms with Gasteiger partial charge in [-0.1, -0.05) is 42.5 Å². The third-order valence-electron chi connectivity index (χ3n) is 7.39. The van der Waals surface area contributed by atoms with E-state index in [9.17, 15) is 4.39 Å². The number of alkyl halides is 2. The molecule has 0 spiro atoms. The molecule has 2 saturated heterocycles. The van der Waals surface area contributed by atoms with Gasteiger partial charge in [-0.2, -0.15) is 0 Å². The molecule has 2 aliphatic heterocycles. The van der Waals surface area contributed by atoms with Gasteiger partial charge in [0.2, 0.25) is 0 Å². The number of nitrogens with two attached hydrogens (primary N) is 1. The Morgan fingerprint density at radius 1 is 1.03 bits per heavy atom. The van der Waals surface area contributed by atoms with Crippen molar-refractivity contribution in [3.05, 3.63) is 71.5 Å². The second-order valence-corrected chi connectivity index (χ2v) is 10.3. The lowest BCUT2D eigenvalue weighted by atomic mass is 9.89. The molecule has 2 aromatic carbocycles. The van der Waals surface area contributed by atoms with Crippen LogP contribution in [0.3, 0.4) is 0 Å². The molecule has 9 heteroatoms. The maximum Gasteiger partial charge on any atom is 0.256 e. The monoisotopic (exact) mass is 500 g/mol. The van der Waals surface area contributed by atoms with Crippen LogP contribution in [0.4, 0.5) is 19.0 Å². The van der Waals surface area contributed by atoms with Crippen LogP contribution in [0.25, 0.3) is 10.9 Å². The highest BCUT2D eigenvalue weighted by Crippen LogP contribution is 2.59. The van der Waals surface area contributed by atoms with Crippen LogP contribution in [0.15, 0.2) is 54.6 Å². The lowest BCUT2D eigenvalue weighted by Gasteiger charge is -2.34. The first-order valence-electron chi connectivity index (χ1n) is 12.0. The Hall–Kier alpha value is -2.72. The molecule has 1 aromatic heterocycles. The number of anilines is 1. The molecule has 3 heterocycles. The number of fused-ring (bicyclic) bond motifs is 4. The normalized spacial score (nSPS) is 32.0. The van der Waals surface area contributed by atoms with Gasteiger partial charge in [0.15, 0.2) is 23.7 Å². The molecule has 3 fully saturated rings. The van der Waals surface area contributed by atoms with Gasteiger partial charge in [0.25, 0.3) is 5.92 Å². The van der Waals surface area contributed by atoms with Gasteiger partial charge in [0, 0.05) is 11.8 Å². The molecule has 2 N–H and O–H groups in total. The Kier molecular flexibility index (Phi) is 5.35. The minimum atomic E-state index is -3.09. The fourth-order valence-corrected chi connectivity index (χ4v) is 5.79. The summed E-state index contributed by atoms with van der Waals surface area (Å²) in [5.41, 5.74) is 6.16. The average Bonchev–Trinajstić information content (AvgIpc) is 3.35. The quantitative estimate of drug-likeness (QED) is 0.532. The van der Waals surface area contributed by atoms with Gasteiger partial charge in [-0.25, -0.2) is 18.2 Å². The first kappa shape index (κ1) is 23.7. The predicted molar refractivity (Wildman–Crippen MR) is 126 cm³/mol. The molecule has 6 nitrogen and oxygen atoms in total. The van der Waals surface area contributed by atoms with Crippen LogP contribution in [0.2, 0.25) is 0 Å². The number of benzene rings is 2. The van der Waals surface area contributed by atoms with Gasteiger partial charge in [0.1, 0.15) is 17.8 Å². The second kappa shape index (κ2) is 8.14. The van der Waals surface area contributed by atoms with Crippen molar-refractivity contribution in [1.29, 1.82) is 0 Å². The van der Waals surface area contributed by atoms with Crippen LogP contribution in [0, 0.1) is 11.7 Å². The first-order chi connectivity index (χ1) is 17.1. The van der Waals surface area contributed by atoms with E-state index >= 15 is 8.78 Å². The molecule has 0 amide bonds. The molecule has 6 rings (SSSR count). The molecule has 0 bridgehead atoms. The molecule has 5 atom stereocenters. The zero-order valence-corrected chi connectivity index (χ0v) is 19.9. The molecule has 190 valence electrons. The van der Waals surface area contributed by atoms with Gasteiger partial charge >= 0.3 is 0 Å². The van der Waals surface area contributed by atoms with Gasteiger partial charge in [0.05, 0.1) is 18.0 Å². The zero-order chi connectivity index (χ0) is 25.3. The van der Waals surface area contributed by atoms with Gasteiger partial charge in [-0.3, -0.25) is 0 Å². The van der Waals surface area contributed by atoms with E-state index < -0.39 is 54.0 Å². The van der Waals surface area contributed by atoms with E-state index in [0.29, 0.717) is 16.5 Å². The summed E-state index contributed by atoms with van der Waals surface area (Å²) in [4.78, 5) is 4.07. The van der Waals surface area contributed by atoms with E-state index in [-0.39, 0.29) is 18.8 Å². The standard InChI is InChI=1S/C27H27F3N2O4/c1-25(2)35-22-24(36-25)34-21-18(10-16-8-9-17-12-19(28)23(31)32-20(17)11-16)27(29,30)14-26(21,22)33-13-15-6-4-3-5-7-15/h3-9,11-12,18,21-22,24H,10,13-14H2,1-2H3,(H2,31,32)/t18?,21-,22+,24-,26-/m1/s1. The summed E-state index contributed by atoms with van der Waals surface area (Å²) in [6.45, 7) is 3.60. The van der Waals surface area contributed by atoms with Crippen LogP contribution >= 0.6 is 0 Å². The highest BCUT2D eigenvalue weighted by molar-refractivity contribution is 5.81. The van der Waals surface area contributed by atoms with Crippen LogP contribution in [0.5, 0.6) is 0 Å². The average molecular weight is 501 g/mol. The minimum absolute atomic E-state index is 0.00580. The van der Waals surface area contributed by atoms with Crippen LogP contribution in [-0.4, -0.2) is 40.8 Å². The Labute approximate surface area is 206 Å². The molecule has 1 unspecified atom stereocenters. The fraction of sp³-hybridized carbons (Fsp3) is 0.444. The van der Waals surface area contributed by atoms with Crippen LogP contribution in [0.1, 0.15) is 31.4 Å². The molecule has 1 aliphatic carbocycles. The van der Waals surface area contributed by atoms with Gasteiger partial charge in [-0.05, 0) is 43.5 Å². The van der Waals surface area contributed by atoms with Gasteiger partial charge < -0.3 is 24.7 Å². The Bertz CT molecular complexity index is 1300. The fourth-order valence-electron chi connectivity index (χ4n) is 5.79. The van der Waals surface area contributed by atoms with Crippen molar-refractivity contribution in [2.24, 2.45) is 5.92 Å². The molecular weight excluding hydrogens is 473 g/mol. The van der Waals surface area contributed by atoms with Crippen LogP contribution in [-0.2, 0) is 32.0 Å². The Morgan fingerprint density at radius 3 is 2.58 bits per heavy atom. The van der Waals surface area contributed by atoms with E-state index in [4.69, 9.17) is 24.7 Å². The van der Waals surface area contributed by atoms with E-state index in [2.05, 4.69) is 4.98 Å². The highest BCUT2D eigenvalue weighted by atomic mass is 19.3. The van der Waals surface area contributed by atoms with Crippen molar-refractivity contribution in [2.45, 2.75) is 69.1 Å². The summed E-state index contributed by atoms with van der Waals surface area (Å²) in [7, 11) is 0. The highest BCUT2D eigenvalue weighted by Gasteiger charge is 2.75. The largest absolute Gasteiger partial charge is 0.381 e. The summed E-state index contributed by atoms with van der Waals surface area (Å²) in [5, 5.41) is 0.542. The van der Waals surface area contributed by atoms with E-state index in [1.165, 1.54) is 6.07 Å². The smallest absolute Gasteiger partial charge is 0.256 e. The number of pyridine rings is 1. The van der Waals surface area contributed by atoms with Crippen molar-refractivity contribution >= 4 is 16.7 Å². The topological polar surface area (TPSA) is 75.8 Å². The van der Waals surface area contributed by atoms with E-state index in [1.54, 1.807) is 32.0 Å². The molecule has 1 saturated carbocycles. The van der Waals surface area contributed by atoms with Crippen molar-refractivity contribution in [3.8, 4) is 0 Å². The molecule has 3 aromatic rings. The molecule has 36 heavy (non-hydrogen) atoms. The number of aromatic nitrogens is 1. The number of hydrogen-bond acceptors (Lipinski definition) is 6. The van der Waals surface area contributed by atoms with Crippen molar-refractivity contribution in [2.75, 3.05) is 5.73 Å².